The maximum atomic E-state index is 14.6. The smallest absolute Gasteiger partial charge is 0.258 e. The number of nitrogens with two attached hydrogens (primary N) is 2. The van der Waals surface area contributed by atoms with Crippen molar-refractivity contribution < 1.29 is 38.7 Å². The fraction of sp³-hybridized carbons (Fsp3) is 0.763. The largest absolute Gasteiger partial charge is 0.394 e. The van der Waals surface area contributed by atoms with E-state index < -0.39 is 79.3 Å². The van der Waals surface area contributed by atoms with Crippen molar-refractivity contribution in [2.24, 2.45) is 29.2 Å². The van der Waals surface area contributed by atoms with Crippen LogP contribution in [0.15, 0.2) is 12.2 Å². The summed E-state index contributed by atoms with van der Waals surface area (Å²) >= 11 is 0. The van der Waals surface area contributed by atoms with E-state index in [4.69, 9.17) is 11.5 Å². The molecule has 304 valence electrons. The van der Waals surface area contributed by atoms with Crippen LogP contribution in [0.2, 0.25) is 0 Å². The maximum absolute atomic E-state index is 14.6. The second-order valence-corrected chi connectivity index (χ2v) is 14.8. The number of allylic oxidation sites excluding steroid dienone is 2. The molecule has 0 aliphatic heterocycles. The number of nitrogens with one attached hydrogen (secondary N) is 3. The van der Waals surface area contributed by atoms with Gasteiger partial charge in [0.15, 0.2) is 0 Å². The zero-order valence-corrected chi connectivity index (χ0v) is 33.4. The number of imide groups is 3. The van der Waals surface area contributed by atoms with Gasteiger partial charge in [-0.1, -0.05) is 80.4 Å². The second kappa shape index (κ2) is 27.0. The Labute approximate surface area is 316 Å². The fourth-order valence-electron chi connectivity index (χ4n) is 5.71. The van der Waals surface area contributed by atoms with Crippen molar-refractivity contribution in [3.8, 4) is 0 Å². The molecule has 0 aliphatic carbocycles. The van der Waals surface area contributed by atoms with Crippen molar-refractivity contribution in [2.75, 3.05) is 26.2 Å². The molecule has 0 aromatic rings. The van der Waals surface area contributed by atoms with Crippen LogP contribution in [0.1, 0.15) is 120 Å². The standard InChI is InChI=1S/C38H69N7O8/c1-9-11-12-13-14-15-16-17-32(47)41-22-33(48)42-23-34(49)43-30(19-26(5)6)37(52)44(28(24-46)18-25(3)4)31(20-27(7)8)38(53)45(35(50)21-39)36(51)29(40)10-2/h14-15,25-31,46H,9-13,16-24,39-40H2,1-8H3,(H,41,47)(H,42,48)(H,43,49). The highest BCUT2D eigenvalue weighted by atomic mass is 16.3. The van der Waals surface area contributed by atoms with Gasteiger partial charge < -0.3 is 37.4 Å². The first-order chi connectivity index (χ1) is 24.9. The van der Waals surface area contributed by atoms with Crippen molar-refractivity contribution in [1.29, 1.82) is 0 Å². The van der Waals surface area contributed by atoms with E-state index in [-0.39, 0.29) is 62.3 Å². The zero-order valence-electron chi connectivity index (χ0n) is 33.4. The van der Waals surface area contributed by atoms with Crippen LogP contribution in [0.4, 0.5) is 0 Å². The van der Waals surface area contributed by atoms with Gasteiger partial charge in [0.2, 0.25) is 29.5 Å². The number of carbonyl (C=O) groups excluding carboxylic acids is 7. The Balaban J connectivity index is 6.22. The number of amides is 7. The van der Waals surface area contributed by atoms with E-state index in [1.54, 1.807) is 20.8 Å². The third-order valence-corrected chi connectivity index (χ3v) is 8.45. The van der Waals surface area contributed by atoms with Crippen LogP contribution in [0.25, 0.3) is 0 Å². The molecular weight excluding hydrogens is 682 g/mol. The van der Waals surface area contributed by atoms with Crippen molar-refractivity contribution in [2.45, 2.75) is 144 Å². The second-order valence-electron chi connectivity index (χ2n) is 14.8. The predicted octanol–water partition coefficient (Wildman–Crippen LogP) is 1.89. The highest BCUT2D eigenvalue weighted by Crippen LogP contribution is 2.24. The Kier molecular flexibility index (Phi) is 25.1. The van der Waals surface area contributed by atoms with E-state index in [0.717, 1.165) is 25.7 Å². The SMILES string of the molecule is CCCCCC=CCCC(=O)NCC(=O)NCC(=O)NC(CC(C)C)C(=O)N(C(CO)CC(C)C)C(CC(C)C)C(=O)N(C(=O)CN)C(=O)C(N)CC. The van der Waals surface area contributed by atoms with Crippen LogP contribution >= 0.6 is 0 Å². The summed E-state index contributed by atoms with van der Waals surface area (Å²) in [6.45, 7) is 12.8. The van der Waals surface area contributed by atoms with Gasteiger partial charge in [-0.15, -0.1) is 0 Å². The molecule has 0 heterocycles. The molecule has 0 saturated heterocycles. The molecule has 8 N–H and O–H groups in total. The molecule has 7 amide bonds. The average Bonchev–Trinajstić information content (AvgIpc) is 3.10. The molecule has 0 aromatic heterocycles. The molecule has 0 spiro atoms. The lowest BCUT2D eigenvalue weighted by molar-refractivity contribution is -0.162. The summed E-state index contributed by atoms with van der Waals surface area (Å²) in [5.41, 5.74) is 11.6. The van der Waals surface area contributed by atoms with E-state index >= 15 is 0 Å². The van der Waals surface area contributed by atoms with Crippen LogP contribution in [-0.2, 0) is 33.6 Å². The van der Waals surface area contributed by atoms with Crippen LogP contribution < -0.4 is 27.4 Å². The Bertz CT molecular complexity index is 1210. The Hall–Kier alpha value is -3.69. The molecule has 15 heteroatoms. The maximum Gasteiger partial charge on any atom is 0.258 e. The highest BCUT2D eigenvalue weighted by Gasteiger charge is 2.44. The van der Waals surface area contributed by atoms with Crippen molar-refractivity contribution in [3.05, 3.63) is 12.2 Å². The highest BCUT2D eigenvalue weighted by molar-refractivity contribution is 6.14. The van der Waals surface area contributed by atoms with Gasteiger partial charge in [-0.2, -0.15) is 0 Å². The number of nitrogens with zero attached hydrogens (tertiary/aromatic N) is 2. The Morgan fingerprint density at radius 3 is 1.81 bits per heavy atom. The number of aliphatic hydroxyl groups excluding tert-OH is 1. The molecular formula is C38H69N7O8. The van der Waals surface area contributed by atoms with Gasteiger partial charge in [0.1, 0.15) is 12.1 Å². The third kappa shape index (κ3) is 19.3. The number of unbranched alkanes of at least 4 members (excludes halogenated alkanes) is 3. The van der Waals surface area contributed by atoms with Gasteiger partial charge in [-0.3, -0.25) is 33.6 Å². The lowest BCUT2D eigenvalue weighted by Crippen LogP contribution is -2.63. The Morgan fingerprint density at radius 2 is 1.28 bits per heavy atom. The molecule has 0 rings (SSSR count). The quantitative estimate of drug-likeness (QED) is 0.0555. The summed E-state index contributed by atoms with van der Waals surface area (Å²) in [4.78, 5) is 94.6. The minimum atomic E-state index is -1.40. The molecule has 0 aliphatic rings. The lowest BCUT2D eigenvalue weighted by Gasteiger charge is -2.41. The molecule has 0 bridgehead atoms. The Morgan fingerprint density at radius 1 is 0.717 bits per heavy atom. The van der Waals surface area contributed by atoms with E-state index in [9.17, 15) is 38.7 Å². The molecule has 0 fully saturated rings. The minimum absolute atomic E-state index is 0.0154. The van der Waals surface area contributed by atoms with Gasteiger partial charge in [0.25, 0.3) is 11.8 Å². The first-order valence-electron chi connectivity index (χ1n) is 19.2. The topological polar surface area (TPSA) is 234 Å². The van der Waals surface area contributed by atoms with Gasteiger partial charge in [-0.05, 0) is 62.7 Å². The first kappa shape index (κ1) is 49.3. The molecule has 4 unspecified atom stereocenters. The number of rotatable bonds is 26. The fourth-order valence-corrected chi connectivity index (χ4v) is 5.71. The summed E-state index contributed by atoms with van der Waals surface area (Å²) in [6.07, 6.45) is 9.65. The number of hydrogen-bond donors (Lipinski definition) is 6. The number of carbonyl (C=O) groups is 7. The van der Waals surface area contributed by atoms with Gasteiger partial charge >= 0.3 is 0 Å². The normalized spacial score (nSPS) is 13.8. The summed E-state index contributed by atoms with van der Waals surface area (Å²) in [5, 5.41) is 18.3. The summed E-state index contributed by atoms with van der Waals surface area (Å²) in [6, 6.07) is -4.70. The molecule has 0 radical (unpaired) electrons. The average molecular weight is 752 g/mol. The van der Waals surface area contributed by atoms with Crippen molar-refractivity contribution in [3.63, 3.8) is 0 Å². The predicted molar refractivity (Wildman–Crippen MR) is 205 cm³/mol. The van der Waals surface area contributed by atoms with Crippen LogP contribution in [0.5, 0.6) is 0 Å². The summed E-state index contributed by atoms with van der Waals surface area (Å²) in [7, 11) is 0. The van der Waals surface area contributed by atoms with Crippen LogP contribution in [0, 0.1) is 17.8 Å². The van der Waals surface area contributed by atoms with Gasteiger partial charge in [0.05, 0.1) is 38.3 Å². The minimum Gasteiger partial charge on any atom is -0.394 e. The third-order valence-electron chi connectivity index (χ3n) is 8.45. The van der Waals surface area contributed by atoms with E-state index in [1.807, 2.05) is 39.8 Å². The van der Waals surface area contributed by atoms with E-state index in [0.29, 0.717) is 11.3 Å². The van der Waals surface area contributed by atoms with Gasteiger partial charge in [0, 0.05) is 6.42 Å². The van der Waals surface area contributed by atoms with E-state index in [2.05, 4.69) is 22.9 Å². The number of aliphatic hydroxyl groups is 1. The van der Waals surface area contributed by atoms with Crippen LogP contribution in [-0.4, -0.2) is 107 Å². The molecule has 15 nitrogen and oxygen atoms in total. The van der Waals surface area contributed by atoms with Crippen LogP contribution in [0.3, 0.4) is 0 Å². The first-order valence-corrected chi connectivity index (χ1v) is 19.2. The molecule has 4 atom stereocenters. The number of hydrogen-bond acceptors (Lipinski definition) is 10. The summed E-state index contributed by atoms with van der Waals surface area (Å²) < 4.78 is 0. The van der Waals surface area contributed by atoms with Crippen molar-refractivity contribution >= 4 is 41.4 Å². The summed E-state index contributed by atoms with van der Waals surface area (Å²) in [5.74, 6) is -5.62. The lowest BCUT2D eigenvalue weighted by atomic mass is 9.93. The zero-order chi connectivity index (χ0) is 40.7. The monoisotopic (exact) mass is 752 g/mol. The molecule has 0 saturated carbocycles. The van der Waals surface area contributed by atoms with Gasteiger partial charge in [-0.25, -0.2) is 4.90 Å². The van der Waals surface area contributed by atoms with Crippen molar-refractivity contribution in [1.82, 2.24) is 25.8 Å². The van der Waals surface area contributed by atoms with E-state index in [1.165, 1.54) is 4.90 Å². The molecule has 53 heavy (non-hydrogen) atoms. The molecule has 0 aromatic carbocycles.